The van der Waals surface area contributed by atoms with Crippen LogP contribution in [0.2, 0.25) is 0 Å². The molecule has 78 valence electrons. The summed E-state index contributed by atoms with van der Waals surface area (Å²) in [7, 11) is 0. The average Bonchev–Trinajstić information content (AvgIpc) is 1.94. The molecule has 0 rings (SSSR count). The molecule has 0 aromatic carbocycles. The van der Waals surface area contributed by atoms with Crippen molar-refractivity contribution in [2.75, 3.05) is 19.8 Å². The fourth-order valence-corrected chi connectivity index (χ4v) is 0.782. The summed E-state index contributed by atoms with van der Waals surface area (Å²) in [6, 6.07) is 0. The van der Waals surface area contributed by atoms with Crippen molar-refractivity contribution in [1.29, 1.82) is 0 Å². The Morgan fingerprint density at radius 2 is 2.00 bits per heavy atom. The van der Waals surface area contributed by atoms with E-state index in [1.165, 1.54) is 0 Å². The molecule has 0 heterocycles. The molecule has 0 fully saturated rings. The molecule has 0 aliphatic heterocycles. The van der Waals surface area contributed by atoms with Crippen LogP contribution in [-0.2, 0) is 14.3 Å². The third kappa shape index (κ3) is 9.30. The molecular formula is C9H19NO3. The molecule has 0 radical (unpaired) electrons. The van der Waals surface area contributed by atoms with E-state index in [2.05, 4.69) is 0 Å². The fourth-order valence-electron chi connectivity index (χ4n) is 0.782. The highest BCUT2D eigenvalue weighted by molar-refractivity contribution is 5.70. The van der Waals surface area contributed by atoms with E-state index in [1.54, 1.807) is 13.8 Å². The summed E-state index contributed by atoms with van der Waals surface area (Å²) in [5, 5.41) is 0. The van der Waals surface area contributed by atoms with Gasteiger partial charge in [-0.25, -0.2) is 0 Å². The Balaban J connectivity index is 3.41. The zero-order chi connectivity index (χ0) is 10.3. The molecule has 0 spiro atoms. The first-order chi connectivity index (χ1) is 5.95. The van der Waals surface area contributed by atoms with E-state index >= 15 is 0 Å². The molecular weight excluding hydrogens is 170 g/mol. The van der Waals surface area contributed by atoms with E-state index in [9.17, 15) is 4.79 Å². The molecule has 2 N–H and O–H groups in total. The first kappa shape index (κ1) is 12.4. The lowest BCUT2D eigenvalue weighted by atomic mass is 10.0. The summed E-state index contributed by atoms with van der Waals surface area (Å²) in [6.07, 6.45) is 0.235. The molecule has 0 atom stereocenters. The van der Waals surface area contributed by atoms with E-state index in [-0.39, 0.29) is 12.4 Å². The number of ether oxygens (including phenoxy) is 2. The van der Waals surface area contributed by atoms with Crippen LogP contribution in [-0.4, -0.2) is 31.3 Å². The molecule has 0 aliphatic carbocycles. The largest absolute Gasteiger partial charge is 0.463 e. The predicted molar refractivity (Wildman–Crippen MR) is 50.3 cm³/mol. The lowest BCUT2D eigenvalue weighted by Gasteiger charge is -2.16. The van der Waals surface area contributed by atoms with Crippen molar-refractivity contribution in [1.82, 2.24) is 0 Å². The second kappa shape index (κ2) is 5.94. The molecule has 0 aromatic rings. The normalized spacial score (nSPS) is 11.4. The van der Waals surface area contributed by atoms with E-state index < -0.39 is 5.54 Å². The van der Waals surface area contributed by atoms with Gasteiger partial charge >= 0.3 is 5.97 Å². The molecule has 0 amide bonds. The Bertz CT molecular complexity index is 151. The van der Waals surface area contributed by atoms with Gasteiger partial charge in [-0.2, -0.15) is 0 Å². The van der Waals surface area contributed by atoms with Gasteiger partial charge in [0.2, 0.25) is 0 Å². The standard InChI is InChI=1S/C9H19NO3/c1-4-12-5-6-13-8(11)7-9(2,3)10/h4-7,10H2,1-3H3. The highest BCUT2D eigenvalue weighted by Crippen LogP contribution is 2.04. The molecule has 0 bridgehead atoms. The molecule has 4 heteroatoms. The van der Waals surface area contributed by atoms with Crippen LogP contribution in [0.5, 0.6) is 0 Å². The molecule has 0 saturated heterocycles. The lowest BCUT2D eigenvalue weighted by molar-refractivity contribution is -0.146. The van der Waals surface area contributed by atoms with Crippen LogP contribution in [0, 0.1) is 0 Å². The topological polar surface area (TPSA) is 61.5 Å². The minimum absolute atomic E-state index is 0.235. The maximum absolute atomic E-state index is 11.1. The maximum atomic E-state index is 11.1. The van der Waals surface area contributed by atoms with Gasteiger partial charge in [0.15, 0.2) is 0 Å². The minimum atomic E-state index is -0.497. The van der Waals surface area contributed by atoms with Gasteiger partial charge in [-0.05, 0) is 20.8 Å². The number of hydrogen-bond acceptors (Lipinski definition) is 4. The van der Waals surface area contributed by atoms with Crippen molar-refractivity contribution < 1.29 is 14.3 Å². The quantitative estimate of drug-likeness (QED) is 0.493. The van der Waals surface area contributed by atoms with Gasteiger partial charge in [0.05, 0.1) is 13.0 Å². The van der Waals surface area contributed by atoms with Gasteiger partial charge in [-0.15, -0.1) is 0 Å². The van der Waals surface area contributed by atoms with Crippen LogP contribution in [0.4, 0.5) is 0 Å². The number of rotatable bonds is 6. The Labute approximate surface area is 79.4 Å². The maximum Gasteiger partial charge on any atom is 0.307 e. The number of hydrogen-bond donors (Lipinski definition) is 1. The Morgan fingerprint density at radius 3 is 2.46 bits per heavy atom. The fraction of sp³-hybridized carbons (Fsp3) is 0.889. The van der Waals surface area contributed by atoms with E-state index in [0.29, 0.717) is 19.8 Å². The van der Waals surface area contributed by atoms with Gasteiger partial charge in [-0.3, -0.25) is 4.79 Å². The average molecular weight is 189 g/mol. The van der Waals surface area contributed by atoms with Crippen LogP contribution in [0.1, 0.15) is 27.2 Å². The number of carbonyl (C=O) groups excluding carboxylic acids is 1. The van der Waals surface area contributed by atoms with Crippen molar-refractivity contribution in [3.8, 4) is 0 Å². The SMILES string of the molecule is CCOCCOC(=O)CC(C)(C)N. The molecule has 4 nitrogen and oxygen atoms in total. The number of nitrogens with two attached hydrogens (primary N) is 1. The zero-order valence-electron chi connectivity index (χ0n) is 8.63. The van der Waals surface area contributed by atoms with Gasteiger partial charge < -0.3 is 15.2 Å². The summed E-state index contributed by atoms with van der Waals surface area (Å²) >= 11 is 0. The molecule has 0 aliphatic rings. The molecule has 0 saturated carbocycles. The first-order valence-electron chi connectivity index (χ1n) is 4.48. The molecule has 13 heavy (non-hydrogen) atoms. The van der Waals surface area contributed by atoms with Gasteiger partial charge in [-0.1, -0.05) is 0 Å². The van der Waals surface area contributed by atoms with Crippen LogP contribution in [0.15, 0.2) is 0 Å². The third-order valence-corrected chi connectivity index (χ3v) is 1.29. The summed E-state index contributed by atoms with van der Waals surface area (Å²) in [5.41, 5.74) is 5.14. The van der Waals surface area contributed by atoms with Crippen molar-refractivity contribution in [2.45, 2.75) is 32.7 Å². The second-order valence-electron chi connectivity index (χ2n) is 3.58. The number of carbonyl (C=O) groups is 1. The minimum Gasteiger partial charge on any atom is -0.463 e. The van der Waals surface area contributed by atoms with E-state index in [1.807, 2.05) is 6.92 Å². The Hall–Kier alpha value is -0.610. The molecule has 0 unspecified atom stereocenters. The second-order valence-corrected chi connectivity index (χ2v) is 3.58. The zero-order valence-corrected chi connectivity index (χ0v) is 8.63. The van der Waals surface area contributed by atoms with Crippen LogP contribution in [0.25, 0.3) is 0 Å². The van der Waals surface area contributed by atoms with Crippen LogP contribution < -0.4 is 5.73 Å². The summed E-state index contributed by atoms with van der Waals surface area (Å²) < 4.78 is 9.88. The lowest BCUT2D eigenvalue weighted by Crippen LogP contribution is -2.35. The Morgan fingerprint density at radius 1 is 1.38 bits per heavy atom. The van der Waals surface area contributed by atoms with Crippen LogP contribution >= 0.6 is 0 Å². The van der Waals surface area contributed by atoms with Crippen LogP contribution in [0.3, 0.4) is 0 Å². The van der Waals surface area contributed by atoms with E-state index in [4.69, 9.17) is 15.2 Å². The summed E-state index contributed by atoms with van der Waals surface area (Å²) in [5.74, 6) is -0.271. The third-order valence-electron chi connectivity index (χ3n) is 1.29. The predicted octanol–water partition coefficient (Wildman–Crippen LogP) is 0.694. The van der Waals surface area contributed by atoms with Gasteiger partial charge in [0, 0.05) is 12.1 Å². The highest BCUT2D eigenvalue weighted by Gasteiger charge is 2.16. The van der Waals surface area contributed by atoms with E-state index in [0.717, 1.165) is 0 Å². The molecule has 0 aromatic heterocycles. The smallest absolute Gasteiger partial charge is 0.307 e. The summed E-state index contributed by atoms with van der Waals surface area (Å²) in [4.78, 5) is 11.1. The monoisotopic (exact) mass is 189 g/mol. The number of esters is 1. The van der Waals surface area contributed by atoms with Crippen molar-refractivity contribution >= 4 is 5.97 Å². The summed E-state index contributed by atoms with van der Waals surface area (Å²) in [6.45, 7) is 6.87. The van der Waals surface area contributed by atoms with Gasteiger partial charge in [0.1, 0.15) is 6.61 Å². The Kier molecular flexibility index (Phi) is 5.66. The van der Waals surface area contributed by atoms with Crippen molar-refractivity contribution in [3.63, 3.8) is 0 Å². The van der Waals surface area contributed by atoms with Crippen molar-refractivity contribution in [2.24, 2.45) is 5.73 Å². The first-order valence-corrected chi connectivity index (χ1v) is 4.48. The van der Waals surface area contributed by atoms with Gasteiger partial charge in [0.25, 0.3) is 0 Å². The van der Waals surface area contributed by atoms with Crippen molar-refractivity contribution in [3.05, 3.63) is 0 Å². The highest BCUT2D eigenvalue weighted by atomic mass is 16.6.